The first-order valence-electron chi connectivity index (χ1n) is 22.3. The predicted molar refractivity (Wildman–Crippen MR) is 261 cm³/mol. The van der Waals surface area contributed by atoms with Crippen LogP contribution in [0.15, 0.2) is 205 Å². The van der Waals surface area contributed by atoms with Crippen molar-refractivity contribution in [3.05, 3.63) is 245 Å². The van der Waals surface area contributed by atoms with E-state index >= 15 is 0 Å². The van der Waals surface area contributed by atoms with Gasteiger partial charge in [0.2, 0.25) is 0 Å². The summed E-state index contributed by atoms with van der Waals surface area (Å²) in [5.74, 6) is 0. The number of benzene rings is 9. The van der Waals surface area contributed by atoms with E-state index in [4.69, 9.17) is 4.42 Å². The monoisotopic (exact) mass is 807 g/mol. The van der Waals surface area contributed by atoms with Crippen molar-refractivity contribution in [2.45, 2.75) is 43.9 Å². The normalized spacial score (nSPS) is 15.4. The number of rotatable bonds is 5. The maximum Gasteiger partial charge on any atom is 0.159 e. The third-order valence-electron chi connectivity index (χ3n) is 15.0. The third kappa shape index (κ3) is 4.73. The van der Waals surface area contributed by atoms with Gasteiger partial charge in [-0.3, -0.25) is 0 Å². The molecule has 63 heavy (non-hydrogen) atoms. The second-order valence-corrected chi connectivity index (χ2v) is 18.8. The quantitative estimate of drug-likeness (QED) is 0.172. The van der Waals surface area contributed by atoms with Crippen molar-refractivity contribution in [3.63, 3.8) is 0 Å². The zero-order valence-corrected chi connectivity index (χ0v) is 35.9. The van der Waals surface area contributed by atoms with Crippen LogP contribution in [0.2, 0.25) is 0 Å². The van der Waals surface area contributed by atoms with E-state index in [9.17, 15) is 0 Å². The summed E-state index contributed by atoms with van der Waals surface area (Å²) in [7, 11) is 0. The van der Waals surface area contributed by atoms with E-state index in [1.54, 1.807) is 0 Å². The number of anilines is 3. The van der Waals surface area contributed by atoms with Crippen LogP contribution in [0, 0.1) is 0 Å². The molecule has 10 aromatic rings. The molecule has 0 spiro atoms. The van der Waals surface area contributed by atoms with Crippen LogP contribution in [-0.4, -0.2) is 0 Å². The number of hydrogen-bond acceptors (Lipinski definition) is 2. The van der Waals surface area contributed by atoms with Gasteiger partial charge in [0.05, 0.1) is 11.1 Å². The third-order valence-corrected chi connectivity index (χ3v) is 15.0. The lowest BCUT2D eigenvalue weighted by Gasteiger charge is -2.33. The summed E-state index contributed by atoms with van der Waals surface area (Å²) in [4.78, 5) is 2.45. The van der Waals surface area contributed by atoms with Crippen LogP contribution >= 0.6 is 0 Å². The van der Waals surface area contributed by atoms with Crippen molar-refractivity contribution in [2.24, 2.45) is 0 Å². The Morgan fingerprint density at radius 3 is 1.29 bits per heavy atom. The van der Waals surface area contributed by atoms with Gasteiger partial charge in [-0.15, -0.1) is 0 Å². The lowest BCUT2D eigenvalue weighted by atomic mass is 9.67. The zero-order valence-electron chi connectivity index (χ0n) is 35.9. The van der Waals surface area contributed by atoms with Crippen LogP contribution in [0.3, 0.4) is 0 Å². The lowest BCUT2D eigenvalue weighted by Crippen LogP contribution is -2.28. The van der Waals surface area contributed by atoms with E-state index in [1.165, 1.54) is 72.3 Å². The Hall–Kier alpha value is -7.42. The summed E-state index contributed by atoms with van der Waals surface area (Å²) in [5, 5.41) is 2.21. The van der Waals surface area contributed by atoms with Gasteiger partial charge in [0, 0.05) is 38.5 Å². The molecule has 3 aliphatic rings. The predicted octanol–water partition coefficient (Wildman–Crippen LogP) is 16.0. The van der Waals surface area contributed by atoms with E-state index in [2.05, 4.69) is 233 Å². The van der Waals surface area contributed by atoms with Gasteiger partial charge in [0.1, 0.15) is 5.58 Å². The first-order valence-corrected chi connectivity index (χ1v) is 22.3. The van der Waals surface area contributed by atoms with E-state index in [-0.39, 0.29) is 10.8 Å². The molecule has 0 saturated heterocycles. The van der Waals surface area contributed by atoms with Crippen molar-refractivity contribution in [2.75, 3.05) is 4.90 Å². The highest BCUT2D eigenvalue weighted by molar-refractivity contribution is 6.12. The molecule has 3 aliphatic carbocycles. The van der Waals surface area contributed by atoms with Crippen molar-refractivity contribution in [1.29, 1.82) is 0 Å². The molecule has 0 saturated carbocycles. The lowest BCUT2D eigenvalue weighted by molar-refractivity contribution is 0.648. The minimum Gasteiger partial charge on any atom is -0.453 e. The fourth-order valence-electron chi connectivity index (χ4n) is 12.0. The molecule has 1 heterocycles. The molecule has 0 atom stereocenters. The van der Waals surface area contributed by atoms with Crippen molar-refractivity contribution in [3.8, 4) is 33.4 Å². The van der Waals surface area contributed by atoms with Crippen LogP contribution < -0.4 is 4.90 Å². The van der Waals surface area contributed by atoms with Gasteiger partial charge in [0.15, 0.2) is 5.58 Å². The molecule has 13 rings (SSSR count). The Kier molecular flexibility index (Phi) is 7.37. The Morgan fingerprint density at radius 2 is 0.746 bits per heavy atom. The molecular formula is C61H45NO. The van der Waals surface area contributed by atoms with E-state index in [0.29, 0.717) is 0 Å². The number of para-hydroxylation sites is 2. The minimum atomic E-state index is -0.594. The molecule has 0 N–H and O–H groups in total. The standard InChI is InChI=1S/C61H45NO/c1-59(2)49-26-12-8-20-41(49)45-34-32-39(36-54(45)59)62(40-33-35-46-42-21-9-13-27-50(42)60(3,4)55(46)37-40)56-31-17-25-48-47-24-16-30-53(57(47)63-58(48)56)61(38-18-6-5-7-19-38)51-28-14-10-22-43(51)44-23-11-15-29-52(44)61/h5-37H,1-4H3. The number of hydrogen-bond donors (Lipinski definition) is 0. The molecule has 300 valence electrons. The molecular weight excluding hydrogens is 763 g/mol. The molecule has 0 aliphatic heterocycles. The zero-order chi connectivity index (χ0) is 42.2. The molecule has 0 bridgehead atoms. The maximum absolute atomic E-state index is 7.55. The molecule has 0 radical (unpaired) electrons. The highest BCUT2D eigenvalue weighted by Gasteiger charge is 2.48. The second-order valence-electron chi connectivity index (χ2n) is 18.8. The highest BCUT2D eigenvalue weighted by Crippen LogP contribution is 2.59. The smallest absolute Gasteiger partial charge is 0.159 e. The average Bonchev–Trinajstić information content (AvgIpc) is 4.00. The summed E-state index contributed by atoms with van der Waals surface area (Å²) in [6.07, 6.45) is 0. The topological polar surface area (TPSA) is 16.4 Å². The summed E-state index contributed by atoms with van der Waals surface area (Å²) < 4.78 is 7.55. The van der Waals surface area contributed by atoms with E-state index in [1.807, 2.05) is 0 Å². The Morgan fingerprint density at radius 1 is 0.333 bits per heavy atom. The van der Waals surface area contributed by atoms with Gasteiger partial charge >= 0.3 is 0 Å². The molecule has 1 aromatic heterocycles. The van der Waals surface area contributed by atoms with Gasteiger partial charge in [-0.05, 0) is 103 Å². The average molecular weight is 808 g/mol. The first-order chi connectivity index (χ1) is 30.8. The Labute approximate surface area is 368 Å². The van der Waals surface area contributed by atoms with Crippen LogP contribution in [0.25, 0.3) is 55.3 Å². The van der Waals surface area contributed by atoms with Gasteiger partial charge < -0.3 is 9.32 Å². The fraction of sp³-hybridized carbons (Fsp3) is 0.115. The van der Waals surface area contributed by atoms with E-state index < -0.39 is 5.41 Å². The maximum atomic E-state index is 7.55. The molecule has 9 aromatic carbocycles. The molecule has 0 amide bonds. The van der Waals surface area contributed by atoms with Crippen LogP contribution in [-0.2, 0) is 16.2 Å². The highest BCUT2D eigenvalue weighted by atomic mass is 16.3. The van der Waals surface area contributed by atoms with Crippen LogP contribution in [0.4, 0.5) is 17.1 Å². The molecule has 0 unspecified atom stereocenters. The SMILES string of the molecule is CC1(C)c2ccccc2-c2ccc(N(c3ccc4c(c3)C(C)(C)c3ccccc3-4)c3cccc4c3oc3c(C5(c6ccccc6)c6ccccc6-c6ccccc65)cccc34)cc21. The summed E-state index contributed by atoms with van der Waals surface area (Å²) >= 11 is 0. The Bertz CT molecular complexity index is 3380. The van der Waals surface area contributed by atoms with Crippen LogP contribution in [0.1, 0.15) is 72.2 Å². The first kappa shape index (κ1) is 36.3. The number of nitrogens with zero attached hydrogens (tertiary/aromatic N) is 1. The van der Waals surface area contributed by atoms with Crippen molar-refractivity contribution in [1.82, 2.24) is 0 Å². The van der Waals surface area contributed by atoms with E-state index in [0.717, 1.165) is 44.6 Å². The number of fused-ring (bicyclic) bond motifs is 12. The van der Waals surface area contributed by atoms with Crippen LogP contribution in [0.5, 0.6) is 0 Å². The molecule has 2 nitrogen and oxygen atoms in total. The molecule has 0 fully saturated rings. The van der Waals surface area contributed by atoms with Gasteiger partial charge in [-0.1, -0.05) is 198 Å². The van der Waals surface area contributed by atoms with Crippen molar-refractivity contribution >= 4 is 39.0 Å². The minimum absolute atomic E-state index is 0.158. The Balaban J connectivity index is 1.08. The van der Waals surface area contributed by atoms with Gasteiger partial charge in [0.25, 0.3) is 0 Å². The summed E-state index contributed by atoms with van der Waals surface area (Å²) in [5.41, 5.74) is 22.2. The van der Waals surface area contributed by atoms with Gasteiger partial charge in [-0.25, -0.2) is 0 Å². The van der Waals surface area contributed by atoms with Gasteiger partial charge in [-0.2, -0.15) is 0 Å². The summed E-state index contributed by atoms with van der Waals surface area (Å²) in [6.45, 7) is 9.46. The fourth-order valence-corrected chi connectivity index (χ4v) is 12.0. The van der Waals surface area contributed by atoms with Crippen molar-refractivity contribution < 1.29 is 4.42 Å². The summed E-state index contributed by atoms with van der Waals surface area (Å²) in [6, 6.07) is 74.4. The number of furan rings is 1. The molecule has 2 heteroatoms. The second kappa shape index (κ2) is 12.8. The largest absolute Gasteiger partial charge is 0.453 e.